The minimum absolute atomic E-state index is 0.0240. The molecule has 32 heavy (non-hydrogen) atoms. The summed E-state index contributed by atoms with van der Waals surface area (Å²) >= 11 is 0. The number of aryl methyl sites for hydroxylation is 1. The van der Waals surface area contributed by atoms with Crippen molar-refractivity contribution in [1.82, 2.24) is 5.32 Å². The minimum Gasteiger partial charge on any atom is -0.459 e. The van der Waals surface area contributed by atoms with Gasteiger partial charge in [0.15, 0.2) is 5.76 Å². The Labute approximate surface area is 187 Å². The fourth-order valence-electron chi connectivity index (χ4n) is 4.33. The summed E-state index contributed by atoms with van der Waals surface area (Å²) in [5.41, 5.74) is 2.48. The van der Waals surface area contributed by atoms with Gasteiger partial charge in [-0.05, 0) is 62.1 Å². The predicted octanol–water partition coefficient (Wildman–Crippen LogP) is 5.48. The molecule has 1 aliphatic rings. The lowest BCUT2D eigenvalue weighted by molar-refractivity contribution is -0.123. The number of anilines is 1. The fourth-order valence-corrected chi connectivity index (χ4v) is 4.33. The first kappa shape index (κ1) is 21.8. The molecule has 2 amide bonds. The van der Waals surface area contributed by atoms with E-state index >= 15 is 4.39 Å². The van der Waals surface area contributed by atoms with Gasteiger partial charge in [0, 0.05) is 17.3 Å². The highest BCUT2D eigenvalue weighted by molar-refractivity contribution is 6.09. The normalized spacial score (nSPS) is 14.8. The van der Waals surface area contributed by atoms with Gasteiger partial charge in [0.1, 0.15) is 11.9 Å². The molecule has 6 heteroatoms. The molecule has 166 valence electrons. The van der Waals surface area contributed by atoms with Crippen LogP contribution in [-0.4, -0.2) is 17.9 Å². The molecule has 3 aromatic rings. The first-order chi connectivity index (χ1) is 15.5. The molecule has 1 atom stereocenters. The van der Waals surface area contributed by atoms with E-state index in [-0.39, 0.29) is 17.4 Å². The third-order valence-electron chi connectivity index (χ3n) is 6.19. The van der Waals surface area contributed by atoms with Crippen LogP contribution in [0.5, 0.6) is 0 Å². The lowest BCUT2D eigenvalue weighted by Crippen LogP contribution is -2.47. The van der Waals surface area contributed by atoms with Gasteiger partial charge in [0.25, 0.3) is 5.91 Å². The van der Waals surface area contributed by atoms with Crippen molar-refractivity contribution in [2.24, 2.45) is 0 Å². The second-order valence-corrected chi connectivity index (χ2v) is 8.29. The second kappa shape index (κ2) is 9.39. The molecule has 1 saturated carbocycles. The van der Waals surface area contributed by atoms with Crippen molar-refractivity contribution in [1.29, 1.82) is 0 Å². The van der Waals surface area contributed by atoms with E-state index in [0.29, 0.717) is 5.69 Å². The number of rotatable bonds is 6. The minimum atomic E-state index is -1.19. The number of furan rings is 1. The summed E-state index contributed by atoms with van der Waals surface area (Å²) in [5.74, 6) is -1.36. The summed E-state index contributed by atoms with van der Waals surface area (Å²) in [7, 11) is 0. The first-order valence-electron chi connectivity index (χ1n) is 11.0. The number of nitrogens with one attached hydrogen (secondary N) is 1. The summed E-state index contributed by atoms with van der Waals surface area (Å²) < 4.78 is 20.4. The van der Waals surface area contributed by atoms with Crippen molar-refractivity contribution >= 4 is 17.5 Å². The van der Waals surface area contributed by atoms with Crippen LogP contribution in [0.25, 0.3) is 0 Å². The van der Waals surface area contributed by atoms with Crippen molar-refractivity contribution in [3.8, 4) is 0 Å². The van der Waals surface area contributed by atoms with Gasteiger partial charge in [-0.2, -0.15) is 0 Å². The number of carbonyl (C=O) groups is 2. The highest BCUT2D eigenvalue weighted by atomic mass is 19.1. The van der Waals surface area contributed by atoms with Gasteiger partial charge < -0.3 is 9.73 Å². The summed E-state index contributed by atoms with van der Waals surface area (Å²) in [5, 5.41) is 3.06. The van der Waals surface area contributed by atoms with E-state index in [1.807, 2.05) is 26.0 Å². The van der Waals surface area contributed by atoms with Crippen LogP contribution in [0.4, 0.5) is 10.1 Å². The van der Waals surface area contributed by atoms with E-state index in [2.05, 4.69) is 5.32 Å². The largest absolute Gasteiger partial charge is 0.459 e. The Bertz CT molecular complexity index is 1100. The zero-order valence-electron chi connectivity index (χ0n) is 18.3. The SMILES string of the molecule is Cc1cccc(N(C(=O)c2ccco2)[C@@H](C(=O)NC2CCCC2)c2ccccc2F)c1C. The second-order valence-electron chi connectivity index (χ2n) is 8.29. The Morgan fingerprint density at radius 2 is 1.78 bits per heavy atom. The number of hydrogen-bond donors (Lipinski definition) is 1. The van der Waals surface area contributed by atoms with Crippen molar-refractivity contribution in [3.05, 3.63) is 89.1 Å². The van der Waals surface area contributed by atoms with E-state index in [1.54, 1.807) is 36.4 Å². The molecule has 0 spiro atoms. The Morgan fingerprint density at radius 1 is 1.03 bits per heavy atom. The maximum atomic E-state index is 15.0. The van der Waals surface area contributed by atoms with Crippen molar-refractivity contribution in [2.75, 3.05) is 4.90 Å². The number of carbonyl (C=O) groups excluding carboxylic acids is 2. The molecule has 5 nitrogen and oxygen atoms in total. The molecule has 0 unspecified atom stereocenters. The highest BCUT2D eigenvalue weighted by Crippen LogP contribution is 2.34. The smallest absolute Gasteiger partial charge is 0.294 e. The van der Waals surface area contributed by atoms with Crippen LogP contribution in [-0.2, 0) is 4.79 Å². The topological polar surface area (TPSA) is 62.6 Å². The van der Waals surface area contributed by atoms with Crippen LogP contribution >= 0.6 is 0 Å². The quantitative estimate of drug-likeness (QED) is 0.559. The lowest BCUT2D eigenvalue weighted by atomic mass is 9.99. The average Bonchev–Trinajstić information content (AvgIpc) is 3.49. The van der Waals surface area contributed by atoms with Gasteiger partial charge in [0.2, 0.25) is 5.91 Å². The zero-order valence-corrected chi connectivity index (χ0v) is 18.3. The summed E-state index contributed by atoms with van der Waals surface area (Å²) in [6, 6.07) is 13.7. The van der Waals surface area contributed by atoms with Gasteiger partial charge in [-0.25, -0.2) is 4.39 Å². The summed E-state index contributed by atoms with van der Waals surface area (Å²) in [6.07, 6.45) is 5.25. The Hall–Kier alpha value is -3.41. The molecular formula is C26H27FN2O3. The number of benzene rings is 2. The maximum Gasteiger partial charge on any atom is 0.294 e. The van der Waals surface area contributed by atoms with E-state index in [9.17, 15) is 9.59 Å². The Kier molecular flexibility index (Phi) is 6.40. The number of hydrogen-bond acceptors (Lipinski definition) is 3. The van der Waals surface area contributed by atoms with Crippen LogP contribution in [0.15, 0.2) is 65.3 Å². The average molecular weight is 435 g/mol. The van der Waals surface area contributed by atoms with E-state index in [0.717, 1.165) is 36.8 Å². The first-order valence-corrected chi connectivity index (χ1v) is 11.0. The third kappa shape index (κ3) is 4.31. The molecule has 0 saturated heterocycles. The van der Waals surface area contributed by atoms with Gasteiger partial charge in [-0.15, -0.1) is 0 Å². The molecule has 1 aromatic heterocycles. The molecule has 1 aliphatic carbocycles. The van der Waals surface area contributed by atoms with Crippen LogP contribution in [0, 0.1) is 19.7 Å². The zero-order chi connectivity index (χ0) is 22.7. The third-order valence-corrected chi connectivity index (χ3v) is 6.19. The van der Waals surface area contributed by atoms with Crippen molar-refractivity contribution in [3.63, 3.8) is 0 Å². The van der Waals surface area contributed by atoms with Gasteiger partial charge >= 0.3 is 0 Å². The molecule has 2 aromatic carbocycles. The molecule has 0 radical (unpaired) electrons. The van der Waals surface area contributed by atoms with E-state index in [1.165, 1.54) is 17.2 Å². The highest BCUT2D eigenvalue weighted by Gasteiger charge is 2.37. The van der Waals surface area contributed by atoms with Crippen LogP contribution in [0.1, 0.15) is 59.0 Å². The lowest BCUT2D eigenvalue weighted by Gasteiger charge is -2.33. The van der Waals surface area contributed by atoms with Crippen molar-refractivity contribution in [2.45, 2.75) is 51.6 Å². The van der Waals surface area contributed by atoms with Crippen LogP contribution in [0.3, 0.4) is 0 Å². The number of nitrogens with zero attached hydrogens (tertiary/aromatic N) is 1. The molecule has 1 heterocycles. The summed E-state index contributed by atoms with van der Waals surface area (Å²) in [4.78, 5) is 28.7. The fraction of sp³-hybridized carbons (Fsp3) is 0.308. The van der Waals surface area contributed by atoms with Crippen molar-refractivity contribution < 1.29 is 18.4 Å². The number of halogens is 1. The van der Waals surface area contributed by atoms with Crippen LogP contribution < -0.4 is 10.2 Å². The standard InChI is InChI=1S/C26H27FN2O3/c1-17-9-7-14-22(18(17)2)29(26(31)23-15-8-16-32-23)24(20-12-5-6-13-21(20)27)25(30)28-19-10-3-4-11-19/h5-9,12-16,19,24H,3-4,10-11H2,1-2H3,(H,28,30)/t24-/m1/s1. The van der Waals surface area contributed by atoms with E-state index < -0.39 is 23.7 Å². The number of amides is 2. The predicted molar refractivity (Wildman–Crippen MR) is 121 cm³/mol. The monoisotopic (exact) mass is 434 g/mol. The maximum absolute atomic E-state index is 15.0. The molecule has 4 rings (SSSR count). The van der Waals surface area contributed by atoms with Gasteiger partial charge in [0.05, 0.1) is 6.26 Å². The molecule has 1 N–H and O–H groups in total. The van der Waals surface area contributed by atoms with Gasteiger partial charge in [-0.3, -0.25) is 14.5 Å². The molecule has 0 bridgehead atoms. The Balaban J connectivity index is 1.87. The van der Waals surface area contributed by atoms with E-state index in [4.69, 9.17) is 4.42 Å². The molecular weight excluding hydrogens is 407 g/mol. The molecule has 0 aliphatic heterocycles. The van der Waals surface area contributed by atoms with Crippen LogP contribution in [0.2, 0.25) is 0 Å². The summed E-state index contributed by atoms with van der Waals surface area (Å²) in [6.45, 7) is 3.82. The molecule has 1 fully saturated rings. The Morgan fingerprint density at radius 3 is 2.47 bits per heavy atom. The van der Waals surface area contributed by atoms with Gasteiger partial charge in [-0.1, -0.05) is 43.2 Å².